The zero-order valence-electron chi connectivity index (χ0n) is 32.7. The van der Waals surface area contributed by atoms with Crippen LogP contribution in [0, 0.1) is 0 Å². The molecular formula is C46H83N2+. The van der Waals surface area contributed by atoms with Gasteiger partial charge in [-0.2, -0.15) is 0 Å². The molecule has 0 aliphatic heterocycles. The second-order valence-electron chi connectivity index (χ2n) is 15.3. The molecule has 0 amide bonds. The standard InChI is InChI=1S/C46H83N2/c1-3-5-7-9-11-13-15-17-19-21-23-25-27-29-31-33-38-42-48-44-43-47(46(48)45-39-35-34-36-40-45)41-37-32-30-28-26-24-22-20-18-16-14-12-10-8-6-4-2/h34-36,39-40,43-44H,3-33,37-38,41-42H2,1-2H3/q+1. The van der Waals surface area contributed by atoms with Crippen LogP contribution in [-0.4, -0.2) is 4.57 Å². The van der Waals surface area contributed by atoms with Gasteiger partial charge in [-0.05, 0) is 37.8 Å². The molecule has 0 aliphatic carbocycles. The van der Waals surface area contributed by atoms with Gasteiger partial charge in [-0.15, -0.1) is 0 Å². The molecule has 0 atom stereocenters. The van der Waals surface area contributed by atoms with Crippen molar-refractivity contribution < 1.29 is 4.57 Å². The topological polar surface area (TPSA) is 8.81 Å². The average molecular weight is 664 g/mol. The molecule has 0 N–H and O–H groups in total. The largest absolute Gasteiger partial charge is 0.288 e. The van der Waals surface area contributed by atoms with Gasteiger partial charge >= 0.3 is 0 Å². The number of imidazole rings is 1. The Balaban J connectivity index is 1.49. The number of hydrogen-bond acceptors (Lipinski definition) is 0. The van der Waals surface area contributed by atoms with Crippen LogP contribution in [0.5, 0.6) is 0 Å². The summed E-state index contributed by atoms with van der Waals surface area (Å²) in [4.78, 5) is 0. The molecular weight excluding hydrogens is 581 g/mol. The normalized spacial score (nSPS) is 11.5. The highest BCUT2D eigenvalue weighted by atomic mass is 15.1. The molecule has 0 bridgehead atoms. The number of nitrogens with zero attached hydrogens (tertiary/aromatic N) is 2. The lowest BCUT2D eigenvalue weighted by Crippen LogP contribution is -2.34. The first-order chi connectivity index (χ1) is 23.9. The summed E-state index contributed by atoms with van der Waals surface area (Å²) in [7, 11) is 0. The molecule has 1 heterocycles. The van der Waals surface area contributed by atoms with Gasteiger partial charge in [0.25, 0.3) is 5.82 Å². The highest BCUT2D eigenvalue weighted by molar-refractivity contribution is 5.52. The summed E-state index contributed by atoms with van der Waals surface area (Å²) < 4.78 is 5.07. The number of aromatic nitrogens is 2. The molecule has 1 aromatic heterocycles. The van der Waals surface area contributed by atoms with E-state index in [-0.39, 0.29) is 0 Å². The third-order valence-electron chi connectivity index (χ3n) is 10.8. The van der Waals surface area contributed by atoms with Crippen molar-refractivity contribution in [1.29, 1.82) is 0 Å². The molecule has 0 spiro atoms. The molecule has 276 valence electrons. The summed E-state index contributed by atoms with van der Waals surface area (Å²) >= 11 is 0. The molecule has 0 saturated carbocycles. The lowest BCUT2D eigenvalue weighted by Gasteiger charge is -2.07. The Morgan fingerprint density at radius 3 is 1.10 bits per heavy atom. The first-order valence-electron chi connectivity index (χ1n) is 22.0. The van der Waals surface area contributed by atoms with E-state index in [0.29, 0.717) is 0 Å². The minimum absolute atomic E-state index is 1.15. The Hall–Kier alpha value is -1.57. The Bertz CT molecular complexity index is 915. The van der Waals surface area contributed by atoms with Gasteiger partial charge in [0.1, 0.15) is 12.4 Å². The van der Waals surface area contributed by atoms with Crippen molar-refractivity contribution >= 4 is 0 Å². The fourth-order valence-electron chi connectivity index (χ4n) is 7.58. The molecule has 0 fully saturated rings. The van der Waals surface area contributed by atoms with Crippen molar-refractivity contribution in [1.82, 2.24) is 4.57 Å². The smallest absolute Gasteiger partial charge is 0.230 e. The Kier molecular flexibility index (Phi) is 29.0. The summed E-state index contributed by atoms with van der Waals surface area (Å²) in [5.74, 6) is 1.41. The van der Waals surface area contributed by atoms with Crippen LogP contribution >= 0.6 is 0 Å². The molecule has 2 rings (SSSR count). The maximum Gasteiger partial charge on any atom is 0.288 e. The van der Waals surface area contributed by atoms with E-state index in [1.807, 2.05) is 0 Å². The van der Waals surface area contributed by atoms with Crippen LogP contribution < -0.4 is 4.57 Å². The minimum Gasteiger partial charge on any atom is -0.230 e. The van der Waals surface area contributed by atoms with Crippen molar-refractivity contribution in [2.75, 3.05) is 0 Å². The van der Waals surface area contributed by atoms with Gasteiger partial charge in [0.15, 0.2) is 0 Å². The highest BCUT2D eigenvalue weighted by Crippen LogP contribution is 2.19. The van der Waals surface area contributed by atoms with Crippen LogP contribution in [0.15, 0.2) is 42.7 Å². The van der Waals surface area contributed by atoms with E-state index < -0.39 is 0 Å². The van der Waals surface area contributed by atoms with Gasteiger partial charge in [0.05, 0.1) is 18.7 Å². The summed E-state index contributed by atoms with van der Waals surface area (Å²) in [6, 6.07) is 11.1. The van der Waals surface area contributed by atoms with E-state index in [9.17, 15) is 0 Å². The van der Waals surface area contributed by atoms with Crippen LogP contribution in [0.1, 0.15) is 226 Å². The van der Waals surface area contributed by atoms with Crippen LogP contribution in [0.2, 0.25) is 0 Å². The Morgan fingerprint density at radius 1 is 0.396 bits per heavy atom. The SMILES string of the molecule is CCCCCCCCCCCCCCCCCCC[n+]1ccn(CCCCCCCCCCCCCCCCCC)c1-c1ccccc1. The van der Waals surface area contributed by atoms with E-state index in [2.05, 4.69) is 65.7 Å². The van der Waals surface area contributed by atoms with E-state index >= 15 is 0 Å². The summed E-state index contributed by atoms with van der Waals surface area (Å²) in [5.41, 5.74) is 1.37. The van der Waals surface area contributed by atoms with Crippen LogP contribution in [0.25, 0.3) is 11.4 Å². The van der Waals surface area contributed by atoms with Gasteiger partial charge in [-0.1, -0.05) is 218 Å². The van der Waals surface area contributed by atoms with E-state index in [1.165, 1.54) is 223 Å². The molecule has 0 radical (unpaired) electrons. The Labute approximate surface area is 301 Å². The zero-order valence-corrected chi connectivity index (χ0v) is 32.7. The minimum atomic E-state index is 1.15. The number of benzene rings is 1. The predicted octanol–water partition coefficient (Wildman–Crippen LogP) is 15.4. The molecule has 48 heavy (non-hydrogen) atoms. The highest BCUT2D eigenvalue weighted by Gasteiger charge is 2.18. The van der Waals surface area contributed by atoms with Crippen LogP contribution in [0.3, 0.4) is 0 Å². The lowest BCUT2D eigenvalue weighted by molar-refractivity contribution is -0.686. The third-order valence-corrected chi connectivity index (χ3v) is 10.8. The Morgan fingerprint density at radius 2 is 0.729 bits per heavy atom. The van der Waals surface area contributed by atoms with E-state index in [1.54, 1.807) is 0 Å². The second-order valence-corrected chi connectivity index (χ2v) is 15.3. The average Bonchev–Trinajstić information content (AvgIpc) is 3.52. The van der Waals surface area contributed by atoms with Crippen LogP contribution in [-0.2, 0) is 13.1 Å². The van der Waals surface area contributed by atoms with Gasteiger partial charge < -0.3 is 0 Å². The summed E-state index contributed by atoms with van der Waals surface area (Å²) in [6.07, 6.45) is 51.9. The third kappa shape index (κ3) is 22.9. The van der Waals surface area contributed by atoms with Gasteiger partial charge in [0, 0.05) is 0 Å². The molecule has 0 aliphatic rings. The molecule has 1 aromatic carbocycles. The lowest BCUT2D eigenvalue weighted by atomic mass is 10.0. The van der Waals surface area contributed by atoms with E-state index in [0.717, 1.165) is 13.1 Å². The number of rotatable bonds is 36. The van der Waals surface area contributed by atoms with E-state index in [4.69, 9.17) is 0 Å². The predicted molar refractivity (Wildman–Crippen MR) is 214 cm³/mol. The van der Waals surface area contributed by atoms with Gasteiger partial charge in [-0.3, -0.25) is 0 Å². The van der Waals surface area contributed by atoms with Crippen molar-refractivity contribution in [2.24, 2.45) is 0 Å². The van der Waals surface area contributed by atoms with Gasteiger partial charge in [-0.25, -0.2) is 9.13 Å². The first-order valence-corrected chi connectivity index (χ1v) is 22.0. The molecule has 2 heteroatoms. The summed E-state index contributed by atoms with van der Waals surface area (Å²) in [5, 5.41) is 0. The van der Waals surface area contributed by atoms with Crippen molar-refractivity contribution in [3.63, 3.8) is 0 Å². The monoisotopic (exact) mass is 664 g/mol. The quantitative estimate of drug-likeness (QED) is 0.0507. The molecule has 2 nitrogen and oxygen atoms in total. The maximum atomic E-state index is 2.53. The summed E-state index contributed by atoms with van der Waals surface area (Å²) in [6.45, 7) is 6.91. The number of hydrogen-bond donors (Lipinski definition) is 0. The van der Waals surface area contributed by atoms with Crippen molar-refractivity contribution in [3.8, 4) is 11.4 Å². The molecule has 2 aromatic rings. The van der Waals surface area contributed by atoms with Crippen LogP contribution in [0.4, 0.5) is 0 Å². The number of aryl methyl sites for hydroxylation is 2. The first kappa shape index (κ1) is 42.6. The van der Waals surface area contributed by atoms with Gasteiger partial charge in [0.2, 0.25) is 0 Å². The van der Waals surface area contributed by atoms with Crippen molar-refractivity contribution in [2.45, 2.75) is 239 Å². The maximum absolute atomic E-state index is 2.53. The van der Waals surface area contributed by atoms with Crippen molar-refractivity contribution in [3.05, 3.63) is 42.7 Å². The number of unbranched alkanes of at least 4 members (excludes halogenated alkanes) is 31. The fourth-order valence-corrected chi connectivity index (χ4v) is 7.58. The zero-order chi connectivity index (χ0) is 34.0. The second kappa shape index (κ2) is 32.6. The molecule has 0 unspecified atom stereocenters. The fraction of sp³-hybridized carbons (Fsp3) is 0.804. The molecule has 0 saturated heterocycles.